The highest BCUT2D eigenvalue weighted by molar-refractivity contribution is 5.23. The predicted octanol–water partition coefficient (Wildman–Crippen LogP) is 2.53. The molecule has 2 N–H and O–H groups in total. The molecule has 0 unspecified atom stereocenters. The zero-order chi connectivity index (χ0) is 13.7. The van der Waals surface area contributed by atoms with Crippen molar-refractivity contribution < 1.29 is 5.11 Å². The van der Waals surface area contributed by atoms with Gasteiger partial charge < -0.3 is 15.0 Å². The third-order valence-corrected chi connectivity index (χ3v) is 3.17. The van der Waals surface area contributed by atoms with Gasteiger partial charge in [-0.2, -0.15) is 0 Å². The molecule has 102 valence electrons. The van der Waals surface area contributed by atoms with Crippen LogP contribution in [-0.2, 0) is 19.7 Å². The maximum absolute atomic E-state index is 9.04. The molecule has 19 heavy (non-hydrogen) atoms. The van der Waals surface area contributed by atoms with Gasteiger partial charge in [0.2, 0.25) is 0 Å². The van der Waals surface area contributed by atoms with Crippen LogP contribution in [0.15, 0.2) is 42.6 Å². The van der Waals surface area contributed by atoms with Crippen LogP contribution in [0.25, 0.3) is 0 Å². The zero-order valence-electron chi connectivity index (χ0n) is 11.6. The number of aliphatic hydroxyl groups excluding tert-OH is 1. The first kappa shape index (κ1) is 13.8. The average Bonchev–Trinajstić information content (AvgIpc) is 2.84. The van der Waals surface area contributed by atoms with Gasteiger partial charge >= 0.3 is 0 Å². The third kappa shape index (κ3) is 3.94. The Labute approximate surface area is 114 Å². The molecule has 0 bridgehead atoms. The standard InChI is InChI=1S/C16H22N2O/c1-13(2)17-10-16-4-3-9-18(16)11-14-5-7-15(12-19)8-6-14/h3-9,13,17,19H,10-12H2,1-2H3. The minimum Gasteiger partial charge on any atom is -0.392 e. The molecule has 0 saturated carbocycles. The molecule has 0 amide bonds. The highest BCUT2D eigenvalue weighted by Crippen LogP contribution is 2.10. The maximum atomic E-state index is 9.04. The number of aliphatic hydroxyl groups is 1. The van der Waals surface area contributed by atoms with E-state index in [4.69, 9.17) is 5.11 Å². The van der Waals surface area contributed by atoms with Crippen molar-refractivity contribution in [3.05, 3.63) is 59.4 Å². The number of nitrogens with zero attached hydrogens (tertiary/aromatic N) is 1. The molecule has 0 atom stereocenters. The second kappa shape index (κ2) is 6.55. The Morgan fingerprint density at radius 1 is 1.11 bits per heavy atom. The lowest BCUT2D eigenvalue weighted by Crippen LogP contribution is -2.23. The minimum absolute atomic E-state index is 0.105. The van der Waals surface area contributed by atoms with Crippen LogP contribution in [0, 0.1) is 0 Å². The van der Waals surface area contributed by atoms with E-state index in [1.165, 1.54) is 11.3 Å². The topological polar surface area (TPSA) is 37.2 Å². The van der Waals surface area contributed by atoms with Gasteiger partial charge in [-0.25, -0.2) is 0 Å². The van der Waals surface area contributed by atoms with E-state index in [2.05, 4.69) is 54.2 Å². The van der Waals surface area contributed by atoms with Crippen LogP contribution < -0.4 is 5.32 Å². The number of hydrogen-bond donors (Lipinski definition) is 2. The van der Waals surface area contributed by atoms with Crippen LogP contribution in [0.1, 0.15) is 30.7 Å². The van der Waals surface area contributed by atoms with Crippen LogP contribution in [-0.4, -0.2) is 15.7 Å². The first-order chi connectivity index (χ1) is 9.19. The lowest BCUT2D eigenvalue weighted by atomic mass is 10.1. The summed E-state index contributed by atoms with van der Waals surface area (Å²) in [5.41, 5.74) is 3.50. The van der Waals surface area contributed by atoms with Crippen LogP contribution in [0.4, 0.5) is 0 Å². The summed E-state index contributed by atoms with van der Waals surface area (Å²) in [5.74, 6) is 0. The highest BCUT2D eigenvalue weighted by atomic mass is 16.3. The van der Waals surface area contributed by atoms with E-state index in [-0.39, 0.29) is 6.61 Å². The van der Waals surface area contributed by atoms with Gasteiger partial charge in [0.05, 0.1) is 6.61 Å². The van der Waals surface area contributed by atoms with Crippen molar-refractivity contribution in [2.45, 2.75) is 39.6 Å². The molecule has 0 aliphatic carbocycles. The summed E-state index contributed by atoms with van der Waals surface area (Å²) in [5, 5.41) is 12.5. The van der Waals surface area contributed by atoms with Gasteiger partial charge in [-0.3, -0.25) is 0 Å². The summed E-state index contributed by atoms with van der Waals surface area (Å²) in [6.07, 6.45) is 2.11. The van der Waals surface area contributed by atoms with E-state index in [1.54, 1.807) is 0 Å². The molecule has 0 spiro atoms. The van der Waals surface area contributed by atoms with E-state index in [0.29, 0.717) is 6.04 Å². The fourth-order valence-corrected chi connectivity index (χ4v) is 2.02. The fourth-order valence-electron chi connectivity index (χ4n) is 2.02. The molecule has 0 aliphatic rings. The monoisotopic (exact) mass is 258 g/mol. The van der Waals surface area contributed by atoms with Gasteiger partial charge in [0.15, 0.2) is 0 Å². The molecule has 1 heterocycles. The second-order valence-corrected chi connectivity index (χ2v) is 5.14. The maximum Gasteiger partial charge on any atom is 0.0681 e. The number of aromatic nitrogens is 1. The van der Waals surface area contributed by atoms with E-state index in [9.17, 15) is 0 Å². The Balaban J connectivity index is 2.03. The lowest BCUT2D eigenvalue weighted by molar-refractivity contribution is 0.282. The molecule has 0 fully saturated rings. The van der Waals surface area contributed by atoms with Crippen LogP contribution in [0.5, 0.6) is 0 Å². The van der Waals surface area contributed by atoms with Gasteiger partial charge in [0.25, 0.3) is 0 Å². The highest BCUT2D eigenvalue weighted by Gasteiger charge is 2.03. The van der Waals surface area contributed by atoms with Gasteiger partial charge in [0.1, 0.15) is 0 Å². The molecular weight excluding hydrogens is 236 g/mol. The molecule has 2 aromatic rings. The fraction of sp³-hybridized carbons (Fsp3) is 0.375. The molecule has 1 aromatic heterocycles. The van der Waals surface area contributed by atoms with Crippen LogP contribution in [0.3, 0.4) is 0 Å². The Bertz CT molecular complexity index is 500. The van der Waals surface area contributed by atoms with Crippen molar-refractivity contribution >= 4 is 0 Å². The van der Waals surface area contributed by atoms with Crippen molar-refractivity contribution in [2.24, 2.45) is 0 Å². The molecule has 0 aliphatic heterocycles. The van der Waals surface area contributed by atoms with Gasteiger partial charge in [-0.15, -0.1) is 0 Å². The first-order valence-electron chi connectivity index (χ1n) is 6.75. The van der Waals surface area contributed by atoms with E-state index >= 15 is 0 Å². The van der Waals surface area contributed by atoms with E-state index in [1.807, 2.05) is 12.1 Å². The second-order valence-electron chi connectivity index (χ2n) is 5.14. The summed E-state index contributed by atoms with van der Waals surface area (Å²) in [6.45, 7) is 6.17. The minimum atomic E-state index is 0.105. The summed E-state index contributed by atoms with van der Waals surface area (Å²) < 4.78 is 2.25. The largest absolute Gasteiger partial charge is 0.392 e. The quantitative estimate of drug-likeness (QED) is 0.835. The molecule has 1 aromatic carbocycles. The first-order valence-corrected chi connectivity index (χ1v) is 6.75. The third-order valence-electron chi connectivity index (χ3n) is 3.17. The van der Waals surface area contributed by atoms with Crippen LogP contribution >= 0.6 is 0 Å². The Morgan fingerprint density at radius 3 is 2.42 bits per heavy atom. The molecule has 0 radical (unpaired) electrons. The molecule has 3 nitrogen and oxygen atoms in total. The number of nitrogens with one attached hydrogen (secondary N) is 1. The summed E-state index contributed by atoms with van der Waals surface area (Å²) in [4.78, 5) is 0. The summed E-state index contributed by atoms with van der Waals surface area (Å²) >= 11 is 0. The summed E-state index contributed by atoms with van der Waals surface area (Å²) in [6, 6.07) is 12.8. The van der Waals surface area contributed by atoms with Crippen molar-refractivity contribution in [3.63, 3.8) is 0 Å². The number of rotatable bonds is 6. The van der Waals surface area contributed by atoms with E-state index in [0.717, 1.165) is 18.7 Å². The molecule has 0 saturated heterocycles. The molecule has 3 heteroatoms. The number of hydrogen-bond acceptors (Lipinski definition) is 2. The van der Waals surface area contributed by atoms with Crippen molar-refractivity contribution in [1.82, 2.24) is 9.88 Å². The Morgan fingerprint density at radius 2 is 1.79 bits per heavy atom. The summed E-state index contributed by atoms with van der Waals surface area (Å²) in [7, 11) is 0. The smallest absolute Gasteiger partial charge is 0.0681 e. The predicted molar refractivity (Wildman–Crippen MR) is 77.9 cm³/mol. The Kier molecular flexibility index (Phi) is 4.77. The van der Waals surface area contributed by atoms with Crippen molar-refractivity contribution in [3.8, 4) is 0 Å². The van der Waals surface area contributed by atoms with E-state index < -0.39 is 0 Å². The lowest BCUT2D eigenvalue weighted by Gasteiger charge is -2.12. The normalized spacial score (nSPS) is 11.2. The SMILES string of the molecule is CC(C)NCc1cccn1Cc1ccc(CO)cc1. The van der Waals surface area contributed by atoms with Crippen molar-refractivity contribution in [1.29, 1.82) is 0 Å². The Hall–Kier alpha value is -1.58. The molecule has 2 rings (SSSR count). The van der Waals surface area contributed by atoms with Gasteiger partial charge in [-0.05, 0) is 23.3 Å². The van der Waals surface area contributed by atoms with Crippen LogP contribution in [0.2, 0.25) is 0 Å². The average molecular weight is 258 g/mol. The van der Waals surface area contributed by atoms with Gasteiger partial charge in [-0.1, -0.05) is 38.1 Å². The van der Waals surface area contributed by atoms with Crippen molar-refractivity contribution in [2.75, 3.05) is 0 Å². The zero-order valence-corrected chi connectivity index (χ0v) is 11.6. The number of benzene rings is 1. The molecular formula is C16H22N2O. The van der Waals surface area contributed by atoms with Gasteiger partial charge in [0, 0.05) is 31.0 Å².